The summed E-state index contributed by atoms with van der Waals surface area (Å²) in [5, 5.41) is 36.3. The van der Waals surface area contributed by atoms with Crippen molar-refractivity contribution in [3.8, 4) is 5.75 Å². The van der Waals surface area contributed by atoms with Gasteiger partial charge >= 0.3 is 11.9 Å². The monoisotopic (exact) mass is 570 g/mol. The number of aromatic hydroxyl groups is 1. The summed E-state index contributed by atoms with van der Waals surface area (Å²) in [4.78, 5) is 64.9. The molecule has 0 bridgehead atoms. The van der Waals surface area contributed by atoms with Crippen LogP contribution in [0.3, 0.4) is 0 Å². The van der Waals surface area contributed by atoms with Crippen molar-refractivity contribution in [1.29, 1.82) is 0 Å². The fourth-order valence-electron chi connectivity index (χ4n) is 4.04. The highest BCUT2D eigenvalue weighted by Gasteiger charge is 2.30. The Morgan fingerprint density at radius 2 is 1.50 bits per heavy atom. The Bertz CT molecular complexity index is 1370. The van der Waals surface area contributed by atoms with Gasteiger partial charge in [0.1, 0.15) is 23.9 Å². The van der Waals surface area contributed by atoms with Gasteiger partial charge in [0, 0.05) is 35.7 Å². The predicted molar refractivity (Wildman–Crippen MR) is 148 cm³/mol. The summed E-state index contributed by atoms with van der Waals surface area (Å²) < 4.78 is 0. The van der Waals surface area contributed by atoms with Gasteiger partial charge in [0.25, 0.3) is 0 Å². The zero-order valence-corrected chi connectivity index (χ0v) is 22.2. The molecule has 3 amide bonds. The molecule has 2 aromatic carbocycles. The second kappa shape index (κ2) is 14.0. The summed E-state index contributed by atoms with van der Waals surface area (Å²) in [6.07, 6.45) is 0.838. The van der Waals surface area contributed by atoms with E-state index in [0.717, 1.165) is 10.9 Å². The lowest BCUT2D eigenvalue weighted by molar-refractivity contribution is -0.141. The van der Waals surface area contributed by atoms with E-state index in [1.807, 2.05) is 24.3 Å². The number of amides is 3. The normalized spacial score (nSPS) is 13.1. The van der Waals surface area contributed by atoms with Crippen LogP contribution in [0.4, 0.5) is 0 Å². The van der Waals surface area contributed by atoms with Gasteiger partial charge in [-0.05, 0) is 35.7 Å². The summed E-state index contributed by atoms with van der Waals surface area (Å²) in [5.74, 6) is -4.87. The van der Waals surface area contributed by atoms with E-state index in [-0.39, 0.29) is 30.8 Å². The second-order valence-corrected chi connectivity index (χ2v) is 9.47. The second-order valence-electron chi connectivity index (χ2n) is 9.10. The molecule has 0 saturated carbocycles. The van der Waals surface area contributed by atoms with E-state index in [2.05, 4.69) is 33.6 Å². The zero-order valence-electron chi connectivity index (χ0n) is 21.3. The standard InChI is InChI=1S/C27H30N4O8S/c32-17-7-5-15(6-8-17)11-21(26(37)31-22(14-40)27(38)39)30-25(36)20(9-10-24(34)35)29-23(33)12-16-13-28-19-4-2-1-3-18(16)19/h1-8,13,20-22,28,32,40H,9-12,14H2,(H,29,33)(H,30,36)(H,31,37)(H,34,35)(H,38,39)/t20-,21-,22-/m0/s1. The van der Waals surface area contributed by atoms with Gasteiger partial charge in [-0.15, -0.1) is 0 Å². The third kappa shape index (κ3) is 8.50. The summed E-state index contributed by atoms with van der Waals surface area (Å²) in [6, 6.07) is 9.29. The van der Waals surface area contributed by atoms with Gasteiger partial charge in [-0.2, -0.15) is 12.6 Å². The van der Waals surface area contributed by atoms with Crippen molar-refractivity contribution in [2.24, 2.45) is 0 Å². The smallest absolute Gasteiger partial charge is 0.327 e. The summed E-state index contributed by atoms with van der Waals surface area (Å²) in [5.41, 5.74) is 2.05. The van der Waals surface area contributed by atoms with Crippen LogP contribution in [-0.4, -0.2) is 73.8 Å². The average Bonchev–Trinajstić information content (AvgIpc) is 3.32. The summed E-state index contributed by atoms with van der Waals surface area (Å²) in [7, 11) is 0. The Morgan fingerprint density at radius 3 is 2.15 bits per heavy atom. The number of carbonyl (C=O) groups is 5. The maximum Gasteiger partial charge on any atom is 0.327 e. The topological polar surface area (TPSA) is 198 Å². The van der Waals surface area contributed by atoms with Crippen molar-refractivity contribution < 1.29 is 39.3 Å². The molecule has 0 fully saturated rings. The van der Waals surface area contributed by atoms with Gasteiger partial charge in [-0.1, -0.05) is 30.3 Å². The molecule has 0 unspecified atom stereocenters. The van der Waals surface area contributed by atoms with Gasteiger partial charge in [-0.25, -0.2) is 4.79 Å². The number of benzene rings is 2. The SMILES string of the molecule is O=C(O)CC[C@H](NC(=O)Cc1c[nH]c2ccccc12)C(=O)N[C@@H](Cc1ccc(O)cc1)C(=O)N[C@@H](CS)C(=O)O. The molecule has 13 heteroatoms. The lowest BCUT2D eigenvalue weighted by Crippen LogP contribution is -2.56. The molecule has 12 nitrogen and oxygen atoms in total. The number of H-pyrrole nitrogens is 1. The largest absolute Gasteiger partial charge is 0.508 e. The van der Waals surface area contributed by atoms with Crippen LogP contribution in [0.1, 0.15) is 24.0 Å². The first-order valence-corrected chi connectivity index (χ1v) is 13.0. The molecule has 212 valence electrons. The number of nitrogens with one attached hydrogen (secondary N) is 4. The minimum Gasteiger partial charge on any atom is -0.508 e. The maximum absolute atomic E-state index is 13.3. The van der Waals surface area contributed by atoms with Crippen LogP contribution in [0.15, 0.2) is 54.7 Å². The Morgan fingerprint density at radius 1 is 0.850 bits per heavy atom. The first kappa shape index (κ1) is 30.0. The molecule has 7 N–H and O–H groups in total. The fraction of sp³-hybridized carbons (Fsp3) is 0.296. The molecule has 1 aromatic heterocycles. The molecule has 40 heavy (non-hydrogen) atoms. The van der Waals surface area contributed by atoms with Crippen LogP contribution in [-0.2, 0) is 36.8 Å². The van der Waals surface area contributed by atoms with Crippen LogP contribution >= 0.6 is 12.6 Å². The molecule has 0 saturated heterocycles. The number of fused-ring (bicyclic) bond motifs is 1. The van der Waals surface area contributed by atoms with Gasteiger partial charge < -0.3 is 36.3 Å². The molecule has 0 aliphatic carbocycles. The lowest BCUT2D eigenvalue weighted by Gasteiger charge is -2.24. The Labute approximate surface area is 234 Å². The van der Waals surface area contributed by atoms with E-state index < -0.39 is 54.2 Å². The van der Waals surface area contributed by atoms with E-state index in [1.54, 1.807) is 6.20 Å². The summed E-state index contributed by atoms with van der Waals surface area (Å²) in [6.45, 7) is 0. The maximum atomic E-state index is 13.3. The molecule has 0 aliphatic rings. The van der Waals surface area contributed by atoms with Gasteiger partial charge in [-0.3, -0.25) is 19.2 Å². The minimum absolute atomic E-state index is 0.0125. The van der Waals surface area contributed by atoms with Crippen molar-refractivity contribution in [3.63, 3.8) is 0 Å². The quantitative estimate of drug-likeness (QED) is 0.131. The van der Waals surface area contributed by atoms with Crippen molar-refractivity contribution >= 4 is 53.2 Å². The molecule has 0 aliphatic heterocycles. The van der Waals surface area contributed by atoms with E-state index in [0.29, 0.717) is 11.1 Å². The average molecular weight is 571 g/mol. The van der Waals surface area contributed by atoms with E-state index >= 15 is 0 Å². The number of phenols is 1. The number of para-hydroxylation sites is 1. The predicted octanol–water partition coefficient (Wildman–Crippen LogP) is 0.992. The highest BCUT2D eigenvalue weighted by atomic mass is 32.1. The Balaban J connectivity index is 1.78. The molecule has 0 radical (unpaired) electrons. The number of rotatable bonds is 14. The van der Waals surface area contributed by atoms with Crippen LogP contribution in [0.25, 0.3) is 10.9 Å². The Hall–Kier alpha value is -4.52. The first-order valence-electron chi connectivity index (χ1n) is 12.4. The van der Waals surface area contributed by atoms with E-state index in [4.69, 9.17) is 0 Å². The number of hydrogen-bond acceptors (Lipinski definition) is 7. The van der Waals surface area contributed by atoms with Crippen molar-refractivity contribution in [1.82, 2.24) is 20.9 Å². The number of aromatic amines is 1. The number of thiol groups is 1. The third-order valence-corrected chi connectivity index (χ3v) is 6.50. The van der Waals surface area contributed by atoms with Crippen LogP contribution < -0.4 is 16.0 Å². The van der Waals surface area contributed by atoms with Crippen LogP contribution in [0.5, 0.6) is 5.75 Å². The number of carbonyl (C=O) groups excluding carboxylic acids is 3. The number of carboxylic acids is 2. The number of hydrogen-bond donors (Lipinski definition) is 8. The van der Waals surface area contributed by atoms with E-state index in [9.17, 15) is 39.3 Å². The number of carboxylic acid groups (broad SMARTS) is 2. The molecule has 3 aromatic rings. The molecular formula is C27H30N4O8S. The third-order valence-electron chi connectivity index (χ3n) is 6.13. The van der Waals surface area contributed by atoms with E-state index in [1.165, 1.54) is 24.3 Å². The highest BCUT2D eigenvalue weighted by Crippen LogP contribution is 2.18. The zero-order chi connectivity index (χ0) is 29.2. The Kier molecular flexibility index (Phi) is 10.5. The van der Waals surface area contributed by atoms with Crippen LogP contribution in [0.2, 0.25) is 0 Å². The molecular weight excluding hydrogens is 540 g/mol. The number of aliphatic carboxylic acids is 2. The van der Waals surface area contributed by atoms with Gasteiger partial charge in [0.15, 0.2) is 0 Å². The van der Waals surface area contributed by atoms with Crippen molar-refractivity contribution in [2.45, 2.75) is 43.8 Å². The fourth-order valence-corrected chi connectivity index (χ4v) is 4.29. The van der Waals surface area contributed by atoms with Crippen molar-refractivity contribution in [2.75, 3.05) is 5.75 Å². The molecule has 3 atom stereocenters. The summed E-state index contributed by atoms with van der Waals surface area (Å²) >= 11 is 3.94. The minimum atomic E-state index is -1.33. The molecule has 3 rings (SSSR count). The van der Waals surface area contributed by atoms with Gasteiger partial charge in [0.05, 0.1) is 6.42 Å². The molecule has 1 heterocycles. The van der Waals surface area contributed by atoms with Gasteiger partial charge in [0.2, 0.25) is 17.7 Å². The number of phenolic OH excluding ortho intramolecular Hbond substituents is 1. The highest BCUT2D eigenvalue weighted by molar-refractivity contribution is 7.80. The number of aromatic nitrogens is 1. The van der Waals surface area contributed by atoms with Crippen molar-refractivity contribution in [3.05, 3.63) is 65.9 Å². The molecule has 0 spiro atoms. The van der Waals surface area contributed by atoms with Crippen LogP contribution in [0, 0.1) is 0 Å². The first-order chi connectivity index (χ1) is 19.1. The lowest BCUT2D eigenvalue weighted by atomic mass is 10.0.